The number of nitrogens with one attached hydrogen (secondary N) is 4. The highest BCUT2D eigenvalue weighted by Gasteiger charge is 2.11. The average molecular weight is 516 g/mol. The number of hydrogen-bond donors (Lipinski definition) is 6. The summed E-state index contributed by atoms with van der Waals surface area (Å²) >= 11 is 12.6. The Morgan fingerprint density at radius 1 is 0.781 bits per heavy atom. The number of H-pyrrole nitrogens is 2. The second-order valence-corrected chi connectivity index (χ2v) is 7.15. The van der Waals surface area contributed by atoms with E-state index in [0.717, 1.165) is 0 Å². The van der Waals surface area contributed by atoms with Crippen LogP contribution in [0.5, 0.6) is 0 Å². The summed E-state index contributed by atoms with van der Waals surface area (Å²) in [4.78, 5) is 26.1. The standard InChI is InChI=1S/C19H16Cl2N8O.2ClH/c20-13-5-9(1-3-11(13)15-7-24-17(22)28-15)26-19(30)27-10-2-4-12(14(21)6-10)16-8-25-18(23)29-16;;/h1-8H,(H3,22,24,28)(H3,23,25,29)(H2,26,27,30);2*1H. The second kappa shape index (κ2) is 10.5. The molecule has 0 aliphatic heterocycles. The molecule has 0 aliphatic rings. The summed E-state index contributed by atoms with van der Waals surface area (Å²) < 4.78 is 0. The van der Waals surface area contributed by atoms with Crippen molar-refractivity contribution >= 4 is 77.3 Å². The molecule has 32 heavy (non-hydrogen) atoms. The molecular formula is C19H18Cl4N8O. The topological polar surface area (TPSA) is 151 Å². The fourth-order valence-corrected chi connectivity index (χ4v) is 3.43. The minimum absolute atomic E-state index is 0. The van der Waals surface area contributed by atoms with Crippen LogP contribution in [0.3, 0.4) is 0 Å². The van der Waals surface area contributed by atoms with Crippen molar-refractivity contribution in [3.8, 4) is 22.5 Å². The van der Waals surface area contributed by atoms with Crippen LogP contribution >= 0.6 is 48.0 Å². The van der Waals surface area contributed by atoms with Gasteiger partial charge in [-0.05, 0) is 36.4 Å². The Morgan fingerprint density at radius 3 is 1.50 bits per heavy atom. The lowest BCUT2D eigenvalue weighted by Crippen LogP contribution is -2.19. The van der Waals surface area contributed by atoms with E-state index >= 15 is 0 Å². The summed E-state index contributed by atoms with van der Waals surface area (Å²) in [6.45, 7) is 0. The highest BCUT2D eigenvalue weighted by atomic mass is 35.5. The number of rotatable bonds is 4. The number of nitrogens with two attached hydrogens (primary N) is 2. The van der Waals surface area contributed by atoms with Crippen molar-refractivity contribution < 1.29 is 4.79 Å². The number of halogens is 4. The van der Waals surface area contributed by atoms with E-state index in [-0.39, 0.29) is 24.8 Å². The van der Waals surface area contributed by atoms with E-state index in [0.29, 0.717) is 55.8 Å². The minimum atomic E-state index is -0.445. The number of carbonyl (C=O) groups is 1. The van der Waals surface area contributed by atoms with Gasteiger partial charge < -0.3 is 32.1 Å². The van der Waals surface area contributed by atoms with E-state index in [4.69, 9.17) is 34.7 Å². The Hall–Kier alpha value is -3.11. The van der Waals surface area contributed by atoms with E-state index in [1.807, 2.05) is 0 Å². The Labute approximate surface area is 205 Å². The lowest BCUT2D eigenvalue weighted by Gasteiger charge is -2.11. The molecule has 168 valence electrons. The van der Waals surface area contributed by atoms with Gasteiger partial charge in [-0.2, -0.15) is 0 Å². The van der Waals surface area contributed by atoms with Crippen molar-refractivity contribution in [3.05, 3.63) is 58.8 Å². The number of carbonyl (C=O) groups excluding carboxylic acids is 1. The van der Waals surface area contributed by atoms with Gasteiger partial charge in [0.2, 0.25) is 0 Å². The molecule has 0 unspecified atom stereocenters. The molecule has 2 aromatic heterocycles. The van der Waals surface area contributed by atoms with E-state index < -0.39 is 6.03 Å². The van der Waals surface area contributed by atoms with Crippen molar-refractivity contribution in [2.45, 2.75) is 0 Å². The van der Waals surface area contributed by atoms with Gasteiger partial charge in [-0.15, -0.1) is 24.8 Å². The molecule has 9 nitrogen and oxygen atoms in total. The van der Waals surface area contributed by atoms with E-state index in [2.05, 4.69) is 30.6 Å². The smallest absolute Gasteiger partial charge is 0.323 e. The lowest BCUT2D eigenvalue weighted by molar-refractivity contribution is 0.262. The molecule has 4 aromatic rings. The van der Waals surface area contributed by atoms with Gasteiger partial charge in [0.15, 0.2) is 11.9 Å². The summed E-state index contributed by atoms with van der Waals surface area (Å²) in [6.07, 6.45) is 3.17. The normalized spacial score (nSPS) is 10.1. The van der Waals surface area contributed by atoms with E-state index in [1.165, 1.54) is 0 Å². The molecule has 0 atom stereocenters. The minimum Gasteiger partial charge on any atom is -0.369 e. The molecule has 0 aliphatic carbocycles. The van der Waals surface area contributed by atoms with Crippen LogP contribution in [0.1, 0.15) is 0 Å². The molecule has 0 spiro atoms. The summed E-state index contributed by atoms with van der Waals surface area (Å²) in [7, 11) is 0. The summed E-state index contributed by atoms with van der Waals surface area (Å²) in [5.41, 5.74) is 15.0. The Kier molecular flexibility index (Phi) is 8.23. The number of amides is 2. The molecule has 2 aromatic carbocycles. The number of aromatic nitrogens is 4. The number of nitrogen functional groups attached to an aromatic ring is 2. The number of benzene rings is 2. The third-order valence-corrected chi connectivity index (χ3v) is 4.85. The van der Waals surface area contributed by atoms with Crippen molar-refractivity contribution in [2.24, 2.45) is 0 Å². The Morgan fingerprint density at radius 2 is 1.19 bits per heavy atom. The maximum Gasteiger partial charge on any atom is 0.323 e. The fraction of sp³-hybridized carbons (Fsp3) is 0. The SMILES string of the molecule is Cl.Cl.Nc1ncc(-c2ccc(NC(=O)Nc3ccc(-c4cnc(N)[nH]4)c(Cl)c3)cc2Cl)[nH]1. The van der Waals surface area contributed by atoms with Crippen LogP contribution in [0.15, 0.2) is 48.8 Å². The highest BCUT2D eigenvalue weighted by Crippen LogP contribution is 2.31. The zero-order valence-corrected chi connectivity index (χ0v) is 19.3. The molecule has 0 bridgehead atoms. The van der Waals surface area contributed by atoms with E-state index in [1.54, 1.807) is 48.8 Å². The van der Waals surface area contributed by atoms with Gasteiger partial charge in [0.05, 0.1) is 33.8 Å². The fourth-order valence-electron chi connectivity index (χ4n) is 2.86. The maximum atomic E-state index is 12.3. The Bertz CT molecular complexity index is 1150. The molecule has 0 saturated heterocycles. The van der Waals surface area contributed by atoms with Gasteiger partial charge in [0.25, 0.3) is 0 Å². The molecule has 0 radical (unpaired) electrons. The first kappa shape index (κ1) is 25.2. The van der Waals surface area contributed by atoms with Crippen molar-refractivity contribution in [1.29, 1.82) is 0 Å². The Balaban J connectivity index is 0.00000181. The van der Waals surface area contributed by atoms with Gasteiger partial charge in [-0.3, -0.25) is 0 Å². The van der Waals surface area contributed by atoms with Crippen LogP contribution in [-0.2, 0) is 0 Å². The number of imidazole rings is 2. The second-order valence-electron chi connectivity index (χ2n) is 6.33. The third-order valence-electron chi connectivity index (χ3n) is 4.23. The molecule has 0 fully saturated rings. The maximum absolute atomic E-state index is 12.3. The number of nitrogens with zero attached hydrogens (tertiary/aromatic N) is 2. The van der Waals surface area contributed by atoms with Crippen LogP contribution in [0.25, 0.3) is 22.5 Å². The monoisotopic (exact) mass is 514 g/mol. The molecule has 0 saturated carbocycles. The van der Waals surface area contributed by atoms with Crippen LogP contribution in [0.2, 0.25) is 10.0 Å². The predicted octanol–water partition coefficient (Wildman–Crippen LogP) is 5.43. The zero-order chi connectivity index (χ0) is 21.3. The molecule has 4 rings (SSSR count). The summed E-state index contributed by atoms with van der Waals surface area (Å²) in [6, 6.07) is 9.77. The number of anilines is 4. The number of hydrogen-bond acceptors (Lipinski definition) is 5. The number of urea groups is 1. The summed E-state index contributed by atoms with van der Waals surface area (Å²) in [5, 5.41) is 6.31. The van der Waals surface area contributed by atoms with Gasteiger partial charge in [0.1, 0.15) is 0 Å². The molecule has 2 amide bonds. The van der Waals surface area contributed by atoms with Crippen molar-refractivity contribution in [3.63, 3.8) is 0 Å². The molecule has 13 heteroatoms. The highest BCUT2D eigenvalue weighted by molar-refractivity contribution is 6.34. The lowest BCUT2D eigenvalue weighted by atomic mass is 10.1. The van der Waals surface area contributed by atoms with Crippen LogP contribution in [0, 0.1) is 0 Å². The van der Waals surface area contributed by atoms with Gasteiger partial charge in [-0.1, -0.05) is 23.2 Å². The first-order valence-corrected chi connectivity index (χ1v) is 9.43. The summed E-state index contributed by atoms with van der Waals surface area (Å²) in [5.74, 6) is 0.589. The number of aromatic amines is 2. The average Bonchev–Trinajstić information content (AvgIpc) is 3.30. The zero-order valence-electron chi connectivity index (χ0n) is 16.1. The van der Waals surface area contributed by atoms with Crippen LogP contribution in [-0.4, -0.2) is 26.0 Å². The van der Waals surface area contributed by atoms with Gasteiger partial charge in [0, 0.05) is 22.5 Å². The third kappa shape index (κ3) is 5.57. The van der Waals surface area contributed by atoms with Gasteiger partial charge in [-0.25, -0.2) is 14.8 Å². The predicted molar refractivity (Wildman–Crippen MR) is 134 cm³/mol. The largest absolute Gasteiger partial charge is 0.369 e. The molecular weight excluding hydrogens is 498 g/mol. The molecule has 2 heterocycles. The quantitative estimate of drug-likeness (QED) is 0.214. The van der Waals surface area contributed by atoms with Crippen molar-refractivity contribution in [1.82, 2.24) is 19.9 Å². The first-order chi connectivity index (χ1) is 14.4. The van der Waals surface area contributed by atoms with Crippen LogP contribution < -0.4 is 22.1 Å². The van der Waals surface area contributed by atoms with Gasteiger partial charge >= 0.3 is 6.03 Å². The first-order valence-electron chi connectivity index (χ1n) is 8.68. The van der Waals surface area contributed by atoms with E-state index in [9.17, 15) is 4.79 Å². The van der Waals surface area contributed by atoms with Crippen molar-refractivity contribution in [2.75, 3.05) is 22.1 Å². The molecule has 8 N–H and O–H groups in total. The van der Waals surface area contributed by atoms with Crippen LogP contribution in [0.4, 0.5) is 28.1 Å².